The number of fused-ring (bicyclic) bond motifs is 2. The number of allylic oxidation sites excluding steroid dienone is 1. The van der Waals surface area contributed by atoms with E-state index in [0.717, 1.165) is 17.7 Å². The summed E-state index contributed by atoms with van der Waals surface area (Å²) in [5.74, 6) is 0.644. The third-order valence-corrected chi connectivity index (χ3v) is 4.75. The molecule has 2 aliphatic rings. The van der Waals surface area contributed by atoms with Crippen LogP contribution in [0.25, 0.3) is 0 Å². The van der Waals surface area contributed by atoms with Crippen molar-refractivity contribution in [2.75, 3.05) is 13.1 Å². The van der Waals surface area contributed by atoms with E-state index in [1.54, 1.807) is 11.8 Å². The lowest BCUT2D eigenvalue weighted by Gasteiger charge is -2.43. The highest BCUT2D eigenvalue weighted by atomic mass is 16.5. The molecule has 1 amide bonds. The summed E-state index contributed by atoms with van der Waals surface area (Å²) in [6.07, 6.45) is 2.07. The fourth-order valence-electron chi connectivity index (χ4n) is 3.56. The summed E-state index contributed by atoms with van der Waals surface area (Å²) in [5.41, 5.74) is 7.81. The third-order valence-electron chi connectivity index (χ3n) is 4.75. The summed E-state index contributed by atoms with van der Waals surface area (Å²) >= 11 is 0. The van der Waals surface area contributed by atoms with Gasteiger partial charge >= 0.3 is 0 Å². The van der Waals surface area contributed by atoms with Gasteiger partial charge in [0.1, 0.15) is 11.6 Å². The predicted molar refractivity (Wildman–Crippen MR) is 78.6 cm³/mol. The highest BCUT2D eigenvalue weighted by Crippen LogP contribution is 2.49. The summed E-state index contributed by atoms with van der Waals surface area (Å²) in [6.45, 7) is 4.79. The average molecular weight is 301 g/mol. The normalized spacial score (nSPS) is 19.6. The molecule has 3 rings (SSSR count). The summed E-state index contributed by atoms with van der Waals surface area (Å²) in [4.78, 5) is 13.4. The van der Waals surface area contributed by atoms with Crippen molar-refractivity contribution in [3.63, 3.8) is 0 Å². The van der Waals surface area contributed by atoms with E-state index in [9.17, 15) is 10.1 Å². The van der Waals surface area contributed by atoms with Gasteiger partial charge in [0.15, 0.2) is 0 Å². The van der Waals surface area contributed by atoms with Crippen molar-refractivity contribution in [1.82, 2.24) is 15.1 Å². The Kier molecular flexibility index (Phi) is 3.32. The van der Waals surface area contributed by atoms with E-state index in [1.165, 1.54) is 0 Å². The van der Waals surface area contributed by atoms with Gasteiger partial charge in [-0.15, -0.1) is 5.10 Å². The number of piperidine rings is 1. The van der Waals surface area contributed by atoms with E-state index < -0.39 is 5.41 Å². The first-order valence-electron chi connectivity index (χ1n) is 7.45. The number of hydrogen-bond acceptors (Lipinski definition) is 5. The van der Waals surface area contributed by atoms with Crippen molar-refractivity contribution in [2.24, 2.45) is 5.73 Å². The second-order valence-electron chi connectivity index (χ2n) is 5.78. The Bertz CT molecular complexity index is 689. The van der Waals surface area contributed by atoms with Gasteiger partial charge in [-0.1, -0.05) is 6.92 Å². The molecule has 0 radical (unpaired) electrons. The number of ether oxygens (including phenoxy) is 1. The molecule has 1 spiro atoms. The highest BCUT2D eigenvalue weighted by molar-refractivity contribution is 5.73. The van der Waals surface area contributed by atoms with Gasteiger partial charge in [0, 0.05) is 36.7 Å². The van der Waals surface area contributed by atoms with Crippen LogP contribution in [0.2, 0.25) is 0 Å². The Labute approximate surface area is 128 Å². The van der Waals surface area contributed by atoms with Crippen LogP contribution in [0.3, 0.4) is 0 Å². The Hall–Kier alpha value is -2.49. The van der Waals surface area contributed by atoms with Crippen LogP contribution < -0.4 is 10.5 Å². The molecule has 0 saturated carbocycles. The first-order valence-corrected chi connectivity index (χ1v) is 7.45. The second kappa shape index (κ2) is 5.05. The van der Waals surface area contributed by atoms with Gasteiger partial charge in [0.25, 0.3) is 0 Å². The number of nitriles is 1. The second-order valence-corrected chi connectivity index (χ2v) is 5.78. The smallest absolute Gasteiger partial charge is 0.244 e. The SMILES string of the molecule is CCc1[nH]nc2c1C1(CCN(C(C)=O)CC1)C(C#N)=C(N)O2. The molecule has 1 fully saturated rings. The molecule has 3 N–H and O–H groups in total. The molecule has 1 aromatic heterocycles. The molecule has 7 heteroatoms. The minimum absolute atomic E-state index is 0.0560. The van der Waals surface area contributed by atoms with Crippen molar-refractivity contribution in [2.45, 2.75) is 38.5 Å². The summed E-state index contributed by atoms with van der Waals surface area (Å²) in [5, 5.41) is 16.8. The zero-order chi connectivity index (χ0) is 15.9. The topological polar surface area (TPSA) is 108 Å². The van der Waals surface area contributed by atoms with Crippen LogP contribution in [0.1, 0.15) is 37.9 Å². The lowest BCUT2D eigenvalue weighted by atomic mass is 9.66. The van der Waals surface area contributed by atoms with Crippen molar-refractivity contribution >= 4 is 5.91 Å². The number of carbonyl (C=O) groups excluding carboxylic acids is 1. The van der Waals surface area contributed by atoms with Crippen LogP contribution in [0.15, 0.2) is 11.5 Å². The molecule has 3 heterocycles. The zero-order valence-electron chi connectivity index (χ0n) is 12.8. The lowest BCUT2D eigenvalue weighted by molar-refractivity contribution is -0.130. The molecular formula is C15H19N5O2. The molecule has 1 saturated heterocycles. The average Bonchev–Trinajstić information content (AvgIpc) is 2.91. The third kappa shape index (κ3) is 1.87. The Morgan fingerprint density at radius 1 is 1.55 bits per heavy atom. The maximum absolute atomic E-state index is 11.6. The fourth-order valence-corrected chi connectivity index (χ4v) is 3.56. The molecule has 2 aliphatic heterocycles. The molecule has 0 atom stereocenters. The maximum atomic E-state index is 11.6. The van der Waals surface area contributed by atoms with Crippen molar-refractivity contribution in [3.05, 3.63) is 22.7 Å². The van der Waals surface area contributed by atoms with Gasteiger partial charge in [-0.3, -0.25) is 9.89 Å². The van der Waals surface area contributed by atoms with Gasteiger partial charge in [0.05, 0.1) is 0 Å². The summed E-state index contributed by atoms with van der Waals surface area (Å²) < 4.78 is 5.53. The number of nitrogens with zero attached hydrogens (tertiary/aromatic N) is 3. The van der Waals surface area contributed by atoms with Crippen molar-refractivity contribution < 1.29 is 9.53 Å². The number of likely N-dealkylation sites (tertiary alicyclic amines) is 1. The largest absolute Gasteiger partial charge is 0.420 e. The molecule has 0 unspecified atom stereocenters. The van der Waals surface area contributed by atoms with Gasteiger partial charge in [-0.25, -0.2) is 0 Å². The maximum Gasteiger partial charge on any atom is 0.244 e. The zero-order valence-corrected chi connectivity index (χ0v) is 12.8. The number of carbonyl (C=O) groups is 1. The van der Waals surface area contributed by atoms with Crippen LogP contribution in [0.4, 0.5) is 0 Å². The fraction of sp³-hybridized carbons (Fsp3) is 0.533. The number of hydrogen-bond donors (Lipinski definition) is 2. The molecule has 116 valence electrons. The number of aryl methyl sites for hydroxylation is 1. The number of amides is 1. The van der Waals surface area contributed by atoms with Crippen LogP contribution in [0.5, 0.6) is 5.88 Å². The number of aromatic amines is 1. The van der Waals surface area contributed by atoms with E-state index in [2.05, 4.69) is 16.3 Å². The van der Waals surface area contributed by atoms with E-state index >= 15 is 0 Å². The van der Waals surface area contributed by atoms with Crippen molar-refractivity contribution in [3.8, 4) is 11.9 Å². The van der Waals surface area contributed by atoms with E-state index in [-0.39, 0.29) is 11.8 Å². The number of nitrogens with one attached hydrogen (secondary N) is 1. The molecule has 0 aliphatic carbocycles. The quantitative estimate of drug-likeness (QED) is 0.802. The molecule has 1 aromatic rings. The van der Waals surface area contributed by atoms with Crippen LogP contribution >= 0.6 is 0 Å². The molecule has 22 heavy (non-hydrogen) atoms. The Morgan fingerprint density at radius 3 is 2.77 bits per heavy atom. The van der Waals surface area contributed by atoms with Crippen LogP contribution in [-0.4, -0.2) is 34.1 Å². The lowest BCUT2D eigenvalue weighted by Crippen LogP contribution is -2.47. The van der Waals surface area contributed by atoms with Crippen LogP contribution in [-0.2, 0) is 16.6 Å². The Morgan fingerprint density at radius 2 is 2.23 bits per heavy atom. The number of aromatic nitrogens is 2. The first kappa shape index (κ1) is 14.4. The highest BCUT2D eigenvalue weighted by Gasteiger charge is 2.49. The van der Waals surface area contributed by atoms with E-state index in [4.69, 9.17) is 10.5 Å². The number of nitrogens with two attached hydrogens (primary N) is 1. The van der Waals surface area contributed by atoms with E-state index in [0.29, 0.717) is 37.4 Å². The molecule has 0 aromatic carbocycles. The number of H-pyrrole nitrogens is 1. The van der Waals surface area contributed by atoms with Crippen molar-refractivity contribution in [1.29, 1.82) is 5.26 Å². The summed E-state index contributed by atoms with van der Waals surface area (Å²) in [7, 11) is 0. The molecule has 7 nitrogen and oxygen atoms in total. The van der Waals surface area contributed by atoms with Gasteiger partial charge in [-0.2, -0.15) is 5.26 Å². The van der Waals surface area contributed by atoms with Gasteiger partial charge in [0.2, 0.25) is 17.7 Å². The van der Waals surface area contributed by atoms with Gasteiger partial charge < -0.3 is 15.4 Å². The first-order chi connectivity index (χ1) is 10.5. The summed E-state index contributed by atoms with van der Waals surface area (Å²) in [6, 6.07) is 2.22. The monoisotopic (exact) mass is 301 g/mol. The minimum Gasteiger partial charge on any atom is -0.420 e. The van der Waals surface area contributed by atoms with E-state index in [1.807, 2.05) is 6.92 Å². The predicted octanol–water partition coefficient (Wildman–Crippen LogP) is 0.938. The molecular weight excluding hydrogens is 282 g/mol. The standard InChI is InChI=1S/C15H19N5O2/c1-3-11-12-14(19-18-11)22-13(17)10(8-16)15(12)4-6-20(7-5-15)9(2)21/h3-7,17H2,1-2H3,(H,18,19). The molecule has 0 bridgehead atoms. The minimum atomic E-state index is -0.503. The van der Waals surface area contributed by atoms with Crippen LogP contribution in [0, 0.1) is 11.3 Å². The van der Waals surface area contributed by atoms with Gasteiger partial charge in [-0.05, 0) is 19.3 Å². The Balaban J connectivity index is 2.10. The number of rotatable bonds is 1.